The van der Waals surface area contributed by atoms with E-state index >= 15 is 0 Å². The van der Waals surface area contributed by atoms with Gasteiger partial charge in [-0.3, -0.25) is 14.4 Å². The highest BCUT2D eigenvalue weighted by Gasteiger charge is 2.35. The fourth-order valence-corrected chi connectivity index (χ4v) is 1.82. The number of carbonyl (C=O) groups excluding carboxylic acids is 1. The van der Waals surface area contributed by atoms with Gasteiger partial charge >= 0.3 is 6.18 Å². The molecule has 0 aliphatic carbocycles. The van der Waals surface area contributed by atoms with Crippen LogP contribution in [-0.4, -0.2) is 43.4 Å². The van der Waals surface area contributed by atoms with Gasteiger partial charge in [0.25, 0.3) is 11.5 Å². The van der Waals surface area contributed by atoms with Crippen molar-refractivity contribution in [3.05, 3.63) is 33.7 Å². The molecule has 0 aliphatic heterocycles. The fraction of sp³-hybridized carbons (Fsp3) is 0.538. The molecule has 0 N–H and O–H groups in total. The standard InChI is InChI=1S/C13H17F3N2O4/c1-17(22-3)12(20)9-7-10(13(14,15)16)18(11(19)8-9)5-4-6-21-2/h7-8H,4-6H2,1-3H3. The second-order valence-corrected chi connectivity index (χ2v) is 4.45. The van der Waals surface area contributed by atoms with Crippen LogP contribution in [0.1, 0.15) is 22.5 Å². The lowest BCUT2D eigenvalue weighted by atomic mass is 10.2. The van der Waals surface area contributed by atoms with Gasteiger partial charge in [-0.1, -0.05) is 0 Å². The number of methoxy groups -OCH3 is 1. The lowest BCUT2D eigenvalue weighted by molar-refractivity contribution is -0.144. The predicted molar refractivity (Wildman–Crippen MR) is 71.3 cm³/mol. The molecule has 9 heteroatoms. The Hall–Kier alpha value is -1.87. The highest BCUT2D eigenvalue weighted by molar-refractivity contribution is 5.93. The molecular weight excluding hydrogens is 305 g/mol. The second kappa shape index (κ2) is 7.41. The SMILES string of the molecule is COCCCn1c(C(F)(F)F)cc(C(=O)N(C)OC)cc1=O. The van der Waals surface area contributed by atoms with Crippen LogP contribution in [-0.2, 0) is 22.3 Å². The first-order valence-electron chi connectivity index (χ1n) is 6.35. The Bertz CT molecular complexity index is 584. The van der Waals surface area contributed by atoms with Crippen molar-refractivity contribution in [1.29, 1.82) is 0 Å². The number of carbonyl (C=O) groups is 1. The highest BCUT2D eigenvalue weighted by atomic mass is 19.4. The van der Waals surface area contributed by atoms with Crippen LogP contribution in [0.4, 0.5) is 13.2 Å². The van der Waals surface area contributed by atoms with Crippen LogP contribution in [0.3, 0.4) is 0 Å². The topological polar surface area (TPSA) is 60.8 Å². The molecule has 22 heavy (non-hydrogen) atoms. The van der Waals surface area contributed by atoms with Crippen LogP contribution in [0, 0.1) is 0 Å². The molecule has 1 heterocycles. The van der Waals surface area contributed by atoms with Crippen molar-refractivity contribution in [2.24, 2.45) is 0 Å². The van der Waals surface area contributed by atoms with Crippen LogP contribution in [0.15, 0.2) is 16.9 Å². The monoisotopic (exact) mass is 322 g/mol. The van der Waals surface area contributed by atoms with E-state index in [0.29, 0.717) is 10.6 Å². The van der Waals surface area contributed by atoms with E-state index in [-0.39, 0.29) is 25.1 Å². The summed E-state index contributed by atoms with van der Waals surface area (Å²) in [6, 6.07) is 1.51. The summed E-state index contributed by atoms with van der Waals surface area (Å²) < 4.78 is 44.7. The number of pyridine rings is 1. The predicted octanol–water partition coefficient (Wildman–Crippen LogP) is 1.54. The van der Waals surface area contributed by atoms with Gasteiger partial charge in [0.15, 0.2) is 0 Å². The minimum absolute atomic E-state index is 0.157. The summed E-state index contributed by atoms with van der Waals surface area (Å²) >= 11 is 0. The molecule has 0 atom stereocenters. The lowest BCUT2D eigenvalue weighted by Gasteiger charge is -2.18. The maximum absolute atomic E-state index is 13.1. The third-order valence-corrected chi connectivity index (χ3v) is 2.96. The molecule has 1 rings (SSSR count). The average molecular weight is 322 g/mol. The van der Waals surface area contributed by atoms with Crippen molar-refractivity contribution < 1.29 is 27.5 Å². The van der Waals surface area contributed by atoms with Crippen LogP contribution < -0.4 is 5.56 Å². The van der Waals surface area contributed by atoms with Crippen molar-refractivity contribution in [2.45, 2.75) is 19.1 Å². The zero-order valence-corrected chi connectivity index (χ0v) is 12.4. The van der Waals surface area contributed by atoms with Crippen molar-refractivity contribution in [2.75, 3.05) is 27.9 Å². The van der Waals surface area contributed by atoms with Crippen molar-refractivity contribution in [3.63, 3.8) is 0 Å². The van der Waals surface area contributed by atoms with Gasteiger partial charge in [0.05, 0.1) is 7.11 Å². The summed E-state index contributed by atoms with van der Waals surface area (Å²) in [5, 5.41) is 0.740. The first kappa shape index (κ1) is 18.2. The highest BCUT2D eigenvalue weighted by Crippen LogP contribution is 2.29. The number of rotatable bonds is 6. The van der Waals surface area contributed by atoms with Gasteiger partial charge < -0.3 is 9.30 Å². The first-order chi connectivity index (χ1) is 10.2. The second-order valence-electron chi connectivity index (χ2n) is 4.45. The van der Waals surface area contributed by atoms with Crippen molar-refractivity contribution in [3.8, 4) is 0 Å². The van der Waals surface area contributed by atoms with Gasteiger partial charge in [-0.05, 0) is 12.5 Å². The molecule has 0 spiro atoms. The molecule has 0 saturated carbocycles. The summed E-state index contributed by atoms with van der Waals surface area (Å²) in [5.74, 6) is -0.839. The molecule has 1 aromatic heterocycles. The molecule has 0 bridgehead atoms. The van der Waals surface area contributed by atoms with Crippen molar-refractivity contribution >= 4 is 5.91 Å². The number of amides is 1. The Kier molecular flexibility index (Phi) is 6.12. The minimum Gasteiger partial charge on any atom is -0.385 e. The maximum Gasteiger partial charge on any atom is 0.431 e. The van der Waals surface area contributed by atoms with E-state index in [0.717, 1.165) is 11.1 Å². The number of halogens is 3. The molecule has 0 unspecified atom stereocenters. The van der Waals surface area contributed by atoms with Crippen LogP contribution in [0.2, 0.25) is 0 Å². The van der Waals surface area contributed by atoms with Crippen molar-refractivity contribution in [1.82, 2.24) is 9.63 Å². The zero-order chi connectivity index (χ0) is 16.9. The summed E-state index contributed by atoms with van der Waals surface area (Å²) in [7, 11) is 3.84. The number of nitrogens with zero attached hydrogens (tertiary/aromatic N) is 2. The molecule has 0 radical (unpaired) electrons. The Balaban J connectivity index is 3.30. The van der Waals surface area contributed by atoms with E-state index in [1.807, 2.05) is 0 Å². The van der Waals surface area contributed by atoms with E-state index in [2.05, 4.69) is 4.84 Å². The number of ether oxygens (including phenoxy) is 1. The molecule has 1 aromatic rings. The van der Waals surface area contributed by atoms with Gasteiger partial charge in [0, 0.05) is 38.9 Å². The number of alkyl halides is 3. The molecule has 0 aliphatic rings. The third kappa shape index (κ3) is 4.31. The normalized spacial score (nSPS) is 11.5. The van der Waals surface area contributed by atoms with Gasteiger partial charge in [-0.2, -0.15) is 13.2 Å². The Morgan fingerprint density at radius 1 is 1.32 bits per heavy atom. The van der Waals surface area contributed by atoms with Gasteiger partial charge in [0.1, 0.15) is 5.69 Å². The van der Waals surface area contributed by atoms with Crippen LogP contribution in [0.25, 0.3) is 0 Å². The minimum atomic E-state index is -4.76. The van der Waals surface area contributed by atoms with E-state index in [1.54, 1.807) is 0 Å². The quantitative estimate of drug-likeness (QED) is 0.589. The third-order valence-electron chi connectivity index (χ3n) is 2.96. The molecule has 0 fully saturated rings. The van der Waals surface area contributed by atoms with E-state index in [1.165, 1.54) is 21.3 Å². The van der Waals surface area contributed by atoms with Gasteiger partial charge in [-0.25, -0.2) is 5.06 Å². The largest absolute Gasteiger partial charge is 0.431 e. The molecule has 0 saturated heterocycles. The number of hydrogen-bond acceptors (Lipinski definition) is 4. The molecule has 0 aromatic carbocycles. The number of hydroxylamine groups is 2. The summed E-state index contributed by atoms with van der Waals surface area (Å²) in [5.41, 5.74) is -2.47. The van der Waals surface area contributed by atoms with E-state index in [4.69, 9.17) is 4.74 Å². The van der Waals surface area contributed by atoms with E-state index in [9.17, 15) is 22.8 Å². The Morgan fingerprint density at radius 3 is 2.45 bits per heavy atom. The molecular formula is C13H17F3N2O4. The summed E-state index contributed by atoms with van der Waals surface area (Å²) in [6.45, 7) is 0.0624. The van der Waals surface area contributed by atoms with Gasteiger partial charge in [-0.15, -0.1) is 0 Å². The maximum atomic E-state index is 13.1. The number of aromatic nitrogens is 1. The molecule has 6 nitrogen and oxygen atoms in total. The zero-order valence-electron chi connectivity index (χ0n) is 12.4. The molecule has 124 valence electrons. The summed E-state index contributed by atoms with van der Waals surface area (Å²) in [6.07, 6.45) is -4.51. The lowest BCUT2D eigenvalue weighted by Crippen LogP contribution is -2.32. The first-order valence-corrected chi connectivity index (χ1v) is 6.35. The van der Waals surface area contributed by atoms with Crippen LogP contribution in [0.5, 0.6) is 0 Å². The summed E-state index contributed by atoms with van der Waals surface area (Å²) in [4.78, 5) is 28.4. The smallest absolute Gasteiger partial charge is 0.385 e. The Labute approximate surface area is 125 Å². The van der Waals surface area contributed by atoms with Crippen LogP contribution >= 0.6 is 0 Å². The fourth-order valence-electron chi connectivity index (χ4n) is 1.82. The molecule has 1 amide bonds. The Morgan fingerprint density at radius 2 is 1.95 bits per heavy atom. The average Bonchev–Trinajstić information content (AvgIpc) is 2.45. The van der Waals surface area contributed by atoms with Gasteiger partial charge in [0.2, 0.25) is 0 Å². The van der Waals surface area contributed by atoms with E-state index < -0.39 is 23.3 Å². The number of hydrogen-bond donors (Lipinski definition) is 0.